The number of aliphatic hydroxyl groups excluding tert-OH is 1. The summed E-state index contributed by atoms with van der Waals surface area (Å²) in [4.78, 5) is 2.44. The molecule has 26 heavy (non-hydrogen) atoms. The van der Waals surface area contributed by atoms with Crippen LogP contribution in [0, 0.1) is 0 Å². The molecular weight excluding hydrogens is 330 g/mol. The van der Waals surface area contributed by atoms with Crippen molar-refractivity contribution in [2.45, 2.75) is 63.2 Å². The summed E-state index contributed by atoms with van der Waals surface area (Å²) in [5.74, 6) is 1.52. The zero-order valence-corrected chi connectivity index (χ0v) is 16.4. The number of hydrogen-bond acceptors (Lipinski definition) is 5. The molecule has 0 radical (unpaired) electrons. The summed E-state index contributed by atoms with van der Waals surface area (Å²) >= 11 is 0. The average Bonchev–Trinajstić information content (AvgIpc) is 3.07. The second-order valence-electron chi connectivity index (χ2n) is 7.80. The second-order valence-corrected chi connectivity index (χ2v) is 7.80. The van der Waals surface area contributed by atoms with E-state index in [2.05, 4.69) is 17.9 Å². The Bertz CT molecular complexity index is 593. The van der Waals surface area contributed by atoms with E-state index in [4.69, 9.17) is 14.2 Å². The van der Waals surface area contributed by atoms with Gasteiger partial charge in [-0.05, 0) is 50.3 Å². The van der Waals surface area contributed by atoms with E-state index in [1.54, 1.807) is 14.2 Å². The highest BCUT2D eigenvalue weighted by Crippen LogP contribution is 2.37. The van der Waals surface area contributed by atoms with Crippen LogP contribution in [0.5, 0.6) is 11.5 Å². The highest BCUT2D eigenvalue weighted by atomic mass is 16.5. The number of hydrogen-bond donors (Lipinski definition) is 1. The predicted molar refractivity (Wildman–Crippen MR) is 102 cm³/mol. The first-order valence-corrected chi connectivity index (χ1v) is 9.82. The first kappa shape index (κ1) is 19.5. The fourth-order valence-corrected chi connectivity index (χ4v) is 4.51. The maximum atomic E-state index is 9.91. The number of ether oxygens (including phenoxy) is 3. The first-order valence-electron chi connectivity index (χ1n) is 9.82. The van der Waals surface area contributed by atoms with Crippen molar-refractivity contribution in [1.29, 1.82) is 0 Å². The zero-order chi connectivity index (χ0) is 18.6. The van der Waals surface area contributed by atoms with E-state index < -0.39 is 0 Å². The van der Waals surface area contributed by atoms with Gasteiger partial charge in [0.05, 0.1) is 32.5 Å². The third-order valence-electron chi connectivity index (χ3n) is 6.01. The van der Waals surface area contributed by atoms with Crippen molar-refractivity contribution in [2.24, 2.45) is 0 Å². The van der Waals surface area contributed by atoms with E-state index in [0.717, 1.165) is 43.9 Å². The van der Waals surface area contributed by atoms with Crippen LogP contribution in [-0.2, 0) is 11.2 Å². The molecule has 2 aliphatic rings. The van der Waals surface area contributed by atoms with Crippen molar-refractivity contribution in [2.75, 3.05) is 33.9 Å². The lowest BCUT2D eigenvalue weighted by Gasteiger charge is -2.45. The van der Waals surface area contributed by atoms with Crippen molar-refractivity contribution in [3.05, 3.63) is 23.8 Å². The SMILES string of the molecule is COc1ccc(CCO[C@]2(C)CCCC[C@@H]2N2CC[C@@H](O)C2)cc1OC. The Morgan fingerprint density at radius 2 is 1.96 bits per heavy atom. The number of methoxy groups -OCH3 is 2. The molecule has 0 bridgehead atoms. The largest absolute Gasteiger partial charge is 0.493 e. The lowest BCUT2D eigenvalue weighted by molar-refractivity contribution is -0.108. The molecule has 5 nitrogen and oxygen atoms in total. The Morgan fingerprint density at radius 3 is 2.65 bits per heavy atom. The van der Waals surface area contributed by atoms with Crippen molar-refractivity contribution in [3.63, 3.8) is 0 Å². The van der Waals surface area contributed by atoms with Crippen LogP contribution in [0.15, 0.2) is 18.2 Å². The van der Waals surface area contributed by atoms with Crippen LogP contribution >= 0.6 is 0 Å². The summed E-state index contributed by atoms with van der Waals surface area (Å²) < 4.78 is 17.2. The molecule has 1 heterocycles. The Hall–Kier alpha value is -1.30. The quantitative estimate of drug-likeness (QED) is 0.807. The molecule has 0 unspecified atom stereocenters. The van der Waals surface area contributed by atoms with E-state index in [9.17, 15) is 5.11 Å². The Labute approximate surface area is 157 Å². The highest BCUT2D eigenvalue weighted by Gasteiger charge is 2.42. The third kappa shape index (κ3) is 4.33. The molecule has 2 fully saturated rings. The molecule has 1 saturated carbocycles. The smallest absolute Gasteiger partial charge is 0.160 e. The monoisotopic (exact) mass is 363 g/mol. The Morgan fingerprint density at radius 1 is 1.15 bits per heavy atom. The second kappa shape index (κ2) is 8.59. The van der Waals surface area contributed by atoms with Gasteiger partial charge in [0.15, 0.2) is 11.5 Å². The molecule has 1 aliphatic carbocycles. The van der Waals surface area contributed by atoms with Crippen LogP contribution in [-0.4, -0.2) is 61.7 Å². The molecule has 3 atom stereocenters. The Kier molecular flexibility index (Phi) is 6.43. The van der Waals surface area contributed by atoms with E-state index in [-0.39, 0.29) is 11.7 Å². The van der Waals surface area contributed by atoms with Crippen LogP contribution in [0.2, 0.25) is 0 Å². The molecule has 1 aliphatic heterocycles. The van der Waals surface area contributed by atoms with Gasteiger partial charge < -0.3 is 19.3 Å². The van der Waals surface area contributed by atoms with Crippen molar-refractivity contribution in [3.8, 4) is 11.5 Å². The first-order chi connectivity index (χ1) is 12.6. The number of nitrogens with zero attached hydrogens (tertiary/aromatic N) is 1. The summed E-state index contributed by atoms with van der Waals surface area (Å²) in [5, 5.41) is 9.91. The van der Waals surface area contributed by atoms with Crippen LogP contribution in [0.4, 0.5) is 0 Å². The van der Waals surface area contributed by atoms with Gasteiger partial charge >= 0.3 is 0 Å². The zero-order valence-electron chi connectivity index (χ0n) is 16.4. The highest BCUT2D eigenvalue weighted by molar-refractivity contribution is 5.42. The van der Waals surface area contributed by atoms with Crippen LogP contribution in [0.25, 0.3) is 0 Å². The Balaban J connectivity index is 1.60. The number of rotatable bonds is 7. The molecular formula is C21H33NO4. The minimum atomic E-state index is -0.173. The summed E-state index contributed by atoms with van der Waals surface area (Å²) in [6.07, 6.45) is 6.30. The van der Waals surface area contributed by atoms with Gasteiger partial charge in [-0.2, -0.15) is 0 Å². The molecule has 5 heteroatoms. The normalized spacial score (nSPS) is 29.7. The van der Waals surface area contributed by atoms with Gasteiger partial charge in [0, 0.05) is 19.1 Å². The van der Waals surface area contributed by atoms with E-state index in [1.165, 1.54) is 24.8 Å². The van der Waals surface area contributed by atoms with Gasteiger partial charge in [-0.25, -0.2) is 0 Å². The maximum absolute atomic E-state index is 9.91. The van der Waals surface area contributed by atoms with Gasteiger partial charge in [0.25, 0.3) is 0 Å². The lowest BCUT2D eigenvalue weighted by Crippen LogP contribution is -2.54. The van der Waals surface area contributed by atoms with E-state index in [0.29, 0.717) is 12.6 Å². The fourth-order valence-electron chi connectivity index (χ4n) is 4.51. The minimum Gasteiger partial charge on any atom is -0.493 e. The molecule has 1 aromatic carbocycles. The maximum Gasteiger partial charge on any atom is 0.160 e. The van der Waals surface area contributed by atoms with Gasteiger partial charge in [-0.3, -0.25) is 4.90 Å². The van der Waals surface area contributed by atoms with Crippen molar-refractivity contribution < 1.29 is 19.3 Å². The van der Waals surface area contributed by atoms with Crippen molar-refractivity contribution in [1.82, 2.24) is 4.90 Å². The summed E-state index contributed by atoms with van der Waals surface area (Å²) in [7, 11) is 3.32. The molecule has 1 N–H and O–H groups in total. The van der Waals surface area contributed by atoms with Gasteiger partial charge in [-0.1, -0.05) is 18.9 Å². The van der Waals surface area contributed by atoms with Gasteiger partial charge in [0.1, 0.15) is 0 Å². The third-order valence-corrected chi connectivity index (χ3v) is 6.01. The lowest BCUT2D eigenvalue weighted by atomic mass is 9.80. The van der Waals surface area contributed by atoms with E-state index >= 15 is 0 Å². The summed E-state index contributed by atoms with van der Waals surface area (Å²) in [6.45, 7) is 4.73. The number of likely N-dealkylation sites (tertiary alicyclic amines) is 1. The van der Waals surface area contributed by atoms with Crippen molar-refractivity contribution >= 4 is 0 Å². The molecule has 0 spiro atoms. The number of benzene rings is 1. The average molecular weight is 363 g/mol. The van der Waals surface area contributed by atoms with E-state index in [1.807, 2.05) is 12.1 Å². The van der Waals surface area contributed by atoms with Crippen LogP contribution < -0.4 is 9.47 Å². The molecule has 3 rings (SSSR count). The fraction of sp³-hybridized carbons (Fsp3) is 0.714. The molecule has 146 valence electrons. The molecule has 1 saturated heterocycles. The van der Waals surface area contributed by atoms with Crippen LogP contribution in [0.3, 0.4) is 0 Å². The predicted octanol–water partition coefficient (Wildman–Crippen LogP) is 3.03. The standard InChI is InChI=1S/C21H33NO4/c1-21(11-5-4-6-20(21)22-12-9-17(23)15-22)26-13-10-16-7-8-18(24-2)19(14-16)25-3/h7-8,14,17,20,23H,4-6,9-13,15H2,1-3H3/t17-,20+,21-/m1/s1. The summed E-state index contributed by atoms with van der Waals surface area (Å²) in [5.41, 5.74) is 1.06. The molecule has 0 amide bonds. The van der Waals surface area contributed by atoms with Crippen LogP contribution in [0.1, 0.15) is 44.6 Å². The topological polar surface area (TPSA) is 51.2 Å². The number of β-amino-alcohol motifs (C(OH)–C–C–N with tert-alkyl or cyclic N) is 1. The minimum absolute atomic E-state index is 0.126. The van der Waals surface area contributed by atoms with Gasteiger partial charge in [-0.15, -0.1) is 0 Å². The molecule has 1 aromatic rings. The number of aliphatic hydroxyl groups is 1. The molecule has 0 aromatic heterocycles. The summed E-state index contributed by atoms with van der Waals surface area (Å²) in [6, 6.07) is 6.46. The van der Waals surface area contributed by atoms with Gasteiger partial charge in [0.2, 0.25) is 0 Å².